The average molecular weight is 445 g/mol. The van der Waals surface area contributed by atoms with Crippen molar-refractivity contribution in [2.45, 2.75) is 49.7 Å². The van der Waals surface area contributed by atoms with Crippen molar-refractivity contribution < 1.29 is 14.3 Å². The molecule has 7 nitrogen and oxygen atoms in total. The lowest BCUT2D eigenvalue weighted by molar-refractivity contribution is 0.0937. The van der Waals surface area contributed by atoms with Crippen molar-refractivity contribution in [1.82, 2.24) is 15.3 Å². The van der Waals surface area contributed by atoms with Crippen LogP contribution >= 0.6 is 11.8 Å². The first-order valence-corrected chi connectivity index (χ1v) is 11.7. The predicted octanol–water partition coefficient (Wildman–Crippen LogP) is 3.67. The Morgan fingerprint density at radius 2 is 2.10 bits per heavy atom. The smallest absolute Gasteiger partial charge is 0.251 e. The van der Waals surface area contributed by atoms with Gasteiger partial charge in [-0.25, -0.2) is 9.97 Å². The Hall–Kier alpha value is -2.16. The van der Waals surface area contributed by atoms with Crippen LogP contribution in [0.2, 0.25) is 0 Å². The maximum absolute atomic E-state index is 12.3. The van der Waals surface area contributed by atoms with Crippen LogP contribution < -0.4 is 10.2 Å². The highest BCUT2D eigenvalue weighted by Gasteiger charge is 2.21. The van der Waals surface area contributed by atoms with Crippen LogP contribution in [0.1, 0.15) is 47.8 Å². The van der Waals surface area contributed by atoms with E-state index in [4.69, 9.17) is 14.5 Å². The van der Waals surface area contributed by atoms with Gasteiger partial charge in [-0.2, -0.15) is 0 Å². The van der Waals surface area contributed by atoms with Crippen molar-refractivity contribution in [2.75, 3.05) is 38.8 Å². The van der Waals surface area contributed by atoms with Crippen LogP contribution in [0.25, 0.3) is 0 Å². The molecule has 1 aromatic carbocycles. The molecule has 1 aromatic heterocycles. The maximum Gasteiger partial charge on any atom is 0.251 e. The van der Waals surface area contributed by atoms with E-state index in [0.29, 0.717) is 37.1 Å². The average Bonchev–Trinajstić information content (AvgIpc) is 2.78. The Balaban J connectivity index is 1.70. The quantitative estimate of drug-likeness (QED) is 0.340. The number of benzene rings is 1. The van der Waals surface area contributed by atoms with Crippen molar-refractivity contribution in [3.05, 3.63) is 47.2 Å². The van der Waals surface area contributed by atoms with E-state index in [2.05, 4.69) is 22.1 Å². The molecule has 0 radical (unpaired) electrons. The molecule has 3 rings (SSSR count). The van der Waals surface area contributed by atoms with E-state index in [1.165, 1.54) is 19.3 Å². The zero-order valence-electron chi connectivity index (χ0n) is 18.6. The molecule has 1 aliphatic rings. The molecule has 1 aliphatic heterocycles. The molecule has 0 bridgehead atoms. The molecular formula is C23H32N4O3S. The molecule has 1 unspecified atom stereocenters. The Kier molecular flexibility index (Phi) is 9.12. The number of carbonyl (C=O) groups excluding carboxylic acids is 1. The number of piperidine rings is 1. The molecule has 31 heavy (non-hydrogen) atoms. The summed E-state index contributed by atoms with van der Waals surface area (Å²) in [6, 6.07) is 10.2. The SMILES string of the molecule is COCCNC(=O)c1cccc(CSc2nc(COC)cc(N3CCCCC3C)n2)c1. The summed E-state index contributed by atoms with van der Waals surface area (Å²) in [7, 11) is 3.30. The molecule has 8 heteroatoms. The molecule has 1 fully saturated rings. The number of nitrogens with one attached hydrogen (secondary N) is 1. The van der Waals surface area contributed by atoms with Crippen LogP contribution in [0.5, 0.6) is 0 Å². The molecule has 1 atom stereocenters. The molecule has 1 N–H and O–H groups in total. The molecule has 2 aromatic rings. The first kappa shape index (κ1) is 23.5. The van der Waals surface area contributed by atoms with E-state index < -0.39 is 0 Å². The van der Waals surface area contributed by atoms with Crippen molar-refractivity contribution >= 4 is 23.5 Å². The van der Waals surface area contributed by atoms with Crippen molar-refractivity contribution in [2.24, 2.45) is 0 Å². The van der Waals surface area contributed by atoms with E-state index in [1.54, 1.807) is 26.0 Å². The lowest BCUT2D eigenvalue weighted by Gasteiger charge is -2.34. The Morgan fingerprint density at radius 3 is 2.87 bits per heavy atom. The first-order chi connectivity index (χ1) is 15.1. The number of amides is 1. The molecule has 0 spiro atoms. The summed E-state index contributed by atoms with van der Waals surface area (Å²) in [5, 5.41) is 3.59. The molecule has 0 saturated carbocycles. The summed E-state index contributed by atoms with van der Waals surface area (Å²) in [6.45, 7) is 4.73. The van der Waals surface area contributed by atoms with Crippen LogP contribution in [0, 0.1) is 0 Å². The minimum absolute atomic E-state index is 0.0939. The summed E-state index contributed by atoms with van der Waals surface area (Å²) >= 11 is 1.58. The third-order valence-corrected chi connectivity index (χ3v) is 6.20. The van der Waals surface area contributed by atoms with E-state index in [0.717, 1.165) is 28.8 Å². The third-order valence-electron chi connectivity index (χ3n) is 5.28. The van der Waals surface area contributed by atoms with Gasteiger partial charge >= 0.3 is 0 Å². The monoisotopic (exact) mass is 444 g/mol. The van der Waals surface area contributed by atoms with Gasteiger partial charge in [0.2, 0.25) is 0 Å². The van der Waals surface area contributed by atoms with Crippen molar-refractivity contribution in [3.8, 4) is 0 Å². The fourth-order valence-corrected chi connectivity index (χ4v) is 4.47. The second-order valence-electron chi connectivity index (χ2n) is 7.71. The van der Waals surface area contributed by atoms with Crippen LogP contribution in [-0.4, -0.2) is 55.8 Å². The number of hydrogen-bond donors (Lipinski definition) is 1. The van der Waals surface area contributed by atoms with Gasteiger partial charge in [0.05, 0.1) is 18.9 Å². The molecule has 1 amide bonds. The van der Waals surface area contributed by atoms with Gasteiger partial charge in [-0.3, -0.25) is 4.79 Å². The Morgan fingerprint density at radius 1 is 1.23 bits per heavy atom. The zero-order valence-corrected chi connectivity index (χ0v) is 19.4. The summed E-state index contributed by atoms with van der Waals surface area (Å²) in [6.07, 6.45) is 3.64. The highest BCUT2D eigenvalue weighted by molar-refractivity contribution is 7.98. The summed E-state index contributed by atoms with van der Waals surface area (Å²) in [4.78, 5) is 24.2. The molecular weight excluding hydrogens is 412 g/mol. The van der Waals surface area contributed by atoms with Gasteiger partial charge in [-0.05, 0) is 43.9 Å². The van der Waals surface area contributed by atoms with Crippen molar-refractivity contribution in [3.63, 3.8) is 0 Å². The van der Waals surface area contributed by atoms with E-state index in [9.17, 15) is 4.79 Å². The Bertz CT molecular complexity index is 864. The van der Waals surface area contributed by atoms with Crippen LogP contribution in [-0.2, 0) is 21.8 Å². The number of carbonyl (C=O) groups is 1. The minimum atomic E-state index is -0.0939. The standard InChI is InChI=1S/C23H32N4O3S/c1-17-7-4-5-11-27(17)21-14-20(15-30-3)25-23(26-21)31-16-18-8-6-9-19(13-18)22(28)24-10-12-29-2/h6,8-9,13-14,17H,4-5,7,10-12,15-16H2,1-3H3,(H,24,28). The summed E-state index contributed by atoms with van der Waals surface area (Å²) in [5.74, 6) is 1.57. The highest BCUT2D eigenvalue weighted by atomic mass is 32.2. The molecule has 168 valence electrons. The summed E-state index contributed by atoms with van der Waals surface area (Å²) < 4.78 is 10.3. The van der Waals surface area contributed by atoms with Crippen LogP contribution in [0.3, 0.4) is 0 Å². The Labute approximate surface area is 188 Å². The zero-order chi connectivity index (χ0) is 22.1. The number of thioether (sulfide) groups is 1. The number of methoxy groups -OCH3 is 2. The summed E-state index contributed by atoms with van der Waals surface area (Å²) in [5.41, 5.74) is 2.59. The normalized spacial score (nSPS) is 16.4. The number of aromatic nitrogens is 2. The van der Waals surface area contributed by atoms with Gasteiger partial charge in [-0.1, -0.05) is 23.9 Å². The largest absolute Gasteiger partial charge is 0.383 e. The third kappa shape index (κ3) is 6.92. The highest BCUT2D eigenvalue weighted by Crippen LogP contribution is 2.27. The van der Waals surface area contributed by atoms with Gasteiger partial charge in [0.15, 0.2) is 5.16 Å². The van der Waals surface area contributed by atoms with Crippen LogP contribution in [0.15, 0.2) is 35.5 Å². The maximum atomic E-state index is 12.3. The number of anilines is 1. The number of ether oxygens (including phenoxy) is 2. The van der Waals surface area contributed by atoms with Gasteiger partial charge in [-0.15, -0.1) is 0 Å². The van der Waals surface area contributed by atoms with Crippen LogP contribution in [0.4, 0.5) is 5.82 Å². The number of hydrogen-bond acceptors (Lipinski definition) is 7. The van der Waals surface area contributed by atoms with Gasteiger partial charge in [0, 0.05) is 50.7 Å². The number of nitrogens with zero attached hydrogens (tertiary/aromatic N) is 3. The van der Waals surface area contributed by atoms with Gasteiger partial charge < -0.3 is 19.7 Å². The lowest BCUT2D eigenvalue weighted by Crippen LogP contribution is -2.38. The van der Waals surface area contributed by atoms with E-state index in [-0.39, 0.29) is 5.91 Å². The van der Waals surface area contributed by atoms with E-state index in [1.807, 2.05) is 30.3 Å². The predicted molar refractivity (Wildman–Crippen MR) is 124 cm³/mol. The van der Waals surface area contributed by atoms with Crippen molar-refractivity contribution in [1.29, 1.82) is 0 Å². The fraction of sp³-hybridized carbons (Fsp3) is 0.522. The molecule has 1 saturated heterocycles. The van der Waals surface area contributed by atoms with Gasteiger partial charge in [0.25, 0.3) is 5.91 Å². The second kappa shape index (κ2) is 12.0. The van der Waals surface area contributed by atoms with Gasteiger partial charge in [0.1, 0.15) is 5.82 Å². The topological polar surface area (TPSA) is 76.6 Å². The molecule has 2 heterocycles. The number of rotatable bonds is 10. The lowest BCUT2D eigenvalue weighted by atomic mass is 10.0. The minimum Gasteiger partial charge on any atom is -0.383 e. The molecule has 0 aliphatic carbocycles. The first-order valence-electron chi connectivity index (χ1n) is 10.7. The van der Waals surface area contributed by atoms with E-state index >= 15 is 0 Å². The fourth-order valence-electron chi connectivity index (χ4n) is 3.65. The second-order valence-corrected chi connectivity index (χ2v) is 8.65.